The smallest absolute Gasteiger partial charge is 0.0383 e. The molecule has 3 unspecified atom stereocenters. The first-order chi connectivity index (χ1) is 4.40. The molecule has 51 valence electrons. The van der Waals surface area contributed by atoms with Crippen molar-refractivity contribution >= 4 is 0 Å². The van der Waals surface area contributed by atoms with Gasteiger partial charge in [0, 0.05) is 0 Å². The summed E-state index contributed by atoms with van der Waals surface area (Å²) < 4.78 is 0. The summed E-state index contributed by atoms with van der Waals surface area (Å²) in [6.45, 7) is 3.99. The van der Waals surface area contributed by atoms with E-state index in [1.165, 1.54) is 25.7 Å². The lowest BCUT2D eigenvalue weighted by Gasteiger charge is -2.18. The Morgan fingerprint density at radius 2 is 2.11 bits per heavy atom. The van der Waals surface area contributed by atoms with Crippen LogP contribution in [-0.2, 0) is 0 Å². The first kappa shape index (κ1) is 5.76. The van der Waals surface area contributed by atoms with E-state index < -0.39 is 0 Å². The van der Waals surface area contributed by atoms with Crippen molar-refractivity contribution in [2.75, 3.05) is 0 Å². The zero-order valence-corrected chi connectivity index (χ0v) is 5.97. The normalized spacial score (nSPS) is 48.3. The third-order valence-electron chi connectivity index (χ3n) is 3.26. The average Bonchev–Trinajstić information content (AvgIpc) is 2.45. The molecule has 0 aliphatic heterocycles. The summed E-state index contributed by atoms with van der Waals surface area (Å²) in [7, 11) is 0. The van der Waals surface area contributed by atoms with Gasteiger partial charge in [-0.1, -0.05) is 19.8 Å². The SMILES string of the molecule is [CH2]CC1CC2CCC1C2. The maximum Gasteiger partial charge on any atom is -0.0383 e. The van der Waals surface area contributed by atoms with Crippen LogP contribution < -0.4 is 0 Å². The highest BCUT2D eigenvalue weighted by molar-refractivity contribution is 4.89. The number of hydrogen-bond donors (Lipinski definition) is 0. The molecule has 0 amide bonds. The van der Waals surface area contributed by atoms with Gasteiger partial charge in [0.1, 0.15) is 0 Å². The molecule has 9 heavy (non-hydrogen) atoms. The van der Waals surface area contributed by atoms with E-state index in [1.807, 2.05) is 0 Å². The molecular weight excluding hydrogens is 108 g/mol. The first-order valence-electron chi connectivity index (χ1n) is 4.19. The molecule has 2 rings (SSSR count). The summed E-state index contributed by atoms with van der Waals surface area (Å²) in [4.78, 5) is 0. The minimum atomic E-state index is 1.02. The molecule has 0 heteroatoms. The van der Waals surface area contributed by atoms with Gasteiger partial charge in [-0.05, 0) is 37.0 Å². The molecule has 0 aromatic rings. The molecule has 2 saturated carbocycles. The molecule has 1 radical (unpaired) electrons. The van der Waals surface area contributed by atoms with E-state index in [0.29, 0.717) is 0 Å². The second kappa shape index (κ2) is 2.00. The van der Waals surface area contributed by atoms with Gasteiger partial charge in [0.25, 0.3) is 0 Å². The number of rotatable bonds is 1. The van der Waals surface area contributed by atoms with Crippen LogP contribution in [0.15, 0.2) is 0 Å². The molecule has 2 aliphatic carbocycles. The summed E-state index contributed by atoms with van der Waals surface area (Å²) in [5, 5.41) is 0. The Morgan fingerprint density at radius 1 is 1.22 bits per heavy atom. The summed E-state index contributed by atoms with van der Waals surface area (Å²) >= 11 is 0. The van der Waals surface area contributed by atoms with E-state index in [1.54, 1.807) is 6.42 Å². The van der Waals surface area contributed by atoms with Crippen LogP contribution in [0.2, 0.25) is 0 Å². The van der Waals surface area contributed by atoms with Crippen LogP contribution >= 0.6 is 0 Å². The fourth-order valence-electron chi connectivity index (χ4n) is 2.73. The Kier molecular flexibility index (Phi) is 1.28. The van der Waals surface area contributed by atoms with Crippen LogP contribution in [0.25, 0.3) is 0 Å². The van der Waals surface area contributed by atoms with Crippen molar-refractivity contribution < 1.29 is 0 Å². The average molecular weight is 123 g/mol. The van der Waals surface area contributed by atoms with Gasteiger partial charge in [-0.15, -0.1) is 0 Å². The number of hydrogen-bond acceptors (Lipinski definition) is 0. The lowest BCUT2D eigenvalue weighted by Crippen LogP contribution is -2.08. The van der Waals surface area contributed by atoms with E-state index in [4.69, 9.17) is 0 Å². The van der Waals surface area contributed by atoms with E-state index in [2.05, 4.69) is 6.92 Å². The minimum Gasteiger partial charge on any atom is -0.0530 e. The molecule has 0 spiro atoms. The fourth-order valence-corrected chi connectivity index (χ4v) is 2.73. The molecule has 2 fully saturated rings. The van der Waals surface area contributed by atoms with Crippen LogP contribution in [0.4, 0.5) is 0 Å². The topological polar surface area (TPSA) is 0 Å². The third-order valence-corrected chi connectivity index (χ3v) is 3.26. The molecular formula is C9H15. The summed E-state index contributed by atoms with van der Waals surface area (Å²) in [6, 6.07) is 0. The first-order valence-corrected chi connectivity index (χ1v) is 4.19. The van der Waals surface area contributed by atoms with E-state index in [9.17, 15) is 0 Å². The quantitative estimate of drug-likeness (QED) is 0.503. The highest BCUT2D eigenvalue weighted by Gasteiger charge is 2.37. The van der Waals surface area contributed by atoms with Crippen LogP contribution in [0.5, 0.6) is 0 Å². The lowest BCUT2D eigenvalue weighted by molar-refractivity contribution is 0.335. The van der Waals surface area contributed by atoms with E-state index in [0.717, 1.165) is 17.8 Å². The molecule has 0 heterocycles. The van der Waals surface area contributed by atoms with Crippen LogP contribution in [-0.4, -0.2) is 0 Å². The molecule has 0 nitrogen and oxygen atoms in total. The molecule has 0 aromatic carbocycles. The predicted octanol–water partition coefficient (Wildman–Crippen LogP) is 2.65. The monoisotopic (exact) mass is 123 g/mol. The van der Waals surface area contributed by atoms with Crippen LogP contribution in [0.3, 0.4) is 0 Å². The third kappa shape index (κ3) is 0.798. The summed E-state index contributed by atoms with van der Waals surface area (Å²) in [5.41, 5.74) is 0. The second-order valence-electron chi connectivity index (χ2n) is 3.72. The minimum absolute atomic E-state index is 1.02. The Labute approximate surface area is 57.6 Å². The maximum atomic E-state index is 3.99. The summed E-state index contributed by atoms with van der Waals surface area (Å²) in [5.74, 6) is 3.22. The molecule has 3 atom stereocenters. The fraction of sp³-hybridized carbons (Fsp3) is 0.889. The van der Waals surface area contributed by atoms with Crippen molar-refractivity contribution in [3.05, 3.63) is 6.92 Å². The van der Waals surface area contributed by atoms with Gasteiger partial charge in [-0.2, -0.15) is 0 Å². The largest absolute Gasteiger partial charge is 0.0530 e. The Hall–Kier alpha value is 0. The Bertz CT molecular complexity index is 107. The van der Waals surface area contributed by atoms with Crippen molar-refractivity contribution in [1.82, 2.24) is 0 Å². The predicted molar refractivity (Wildman–Crippen MR) is 38.9 cm³/mol. The second-order valence-corrected chi connectivity index (χ2v) is 3.72. The lowest BCUT2D eigenvalue weighted by atomic mass is 9.87. The van der Waals surface area contributed by atoms with Gasteiger partial charge in [0.05, 0.1) is 0 Å². The van der Waals surface area contributed by atoms with Gasteiger partial charge >= 0.3 is 0 Å². The molecule has 2 aliphatic rings. The molecule has 2 bridgehead atoms. The van der Waals surface area contributed by atoms with Gasteiger partial charge in [0.2, 0.25) is 0 Å². The van der Waals surface area contributed by atoms with E-state index in [-0.39, 0.29) is 0 Å². The zero-order chi connectivity index (χ0) is 6.27. The van der Waals surface area contributed by atoms with Gasteiger partial charge < -0.3 is 0 Å². The van der Waals surface area contributed by atoms with Crippen molar-refractivity contribution in [3.8, 4) is 0 Å². The number of fused-ring (bicyclic) bond motifs is 2. The Balaban J connectivity index is 2.01. The highest BCUT2D eigenvalue weighted by Crippen LogP contribution is 2.49. The molecule has 0 N–H and O–H groups in total. The van der Waals surface area contributed by atoms with Crippen LogP contribution in [0.1, 0.15) is 32.1 Å². The summed E-state index contributed by atoms with van der Waals surface area (Å²) in [6.07, 6.45) is 7.29. The standard InChI is InChI=1S/C9H15/c1-2-8-5-7-3-4-9(8)6-7/h7-9H,1-6H2. The van der Waals surface area contributed by atoms with Gasteiger partial charge in [-0.25, -0.2) is 0 Å². The zero-order valence-electron chi connectivity index (χ0n) is 5.97. The maximum absolute atomic E-state index is 3.99. The highest BCUT2D eigenvalue weighted by atomic mass is 14.4. The van der Waals surface area contributed by atoms with Crippen molar-refractivity contribution in [3.63, 3.8) is 0 Å². The van der Waals surface area contributed by atoms with Crippen molar-refractivity contribution in [2.45, 2.75) is 32.1 Å². The molecule has 0 aromatic heterocycles. The Morgan fingerprint density at radius 3 is 2.44 bits per heavy atom. The van der Waals surface area contributed by atoms with Crippen molar-refractivity contribution in [2.24, 2.45) is 17.8 Å². The van der Waals surface area contributed by atoms with Crippen molar-refractivity contribution in [1.29, 1.82) is 0 Å². The van der Waals surface area contributed by atoms with Gasteiger partial charge in [-0.3, -0.25) is 0 Å². The van der Waals surface area contributed by atoms with Gasteiger partial charge in [0.15, 0.2) is 0 Å². The van der Waals surface area contributed by atoms with E-state index >= 15 is 0 Å². The van der Waals surface area contributed by atoms with Crippen LogP contribution in [0, 0.1) is 24.7 Å². The molecule has 0 saturated heterocycles.